The quantitative estimate of drug-likeness (QED) is 0.808. The van der Waals surface area contributed by atoms with Crippen LogP contribution in [-0.2, 0) is 0 Å². The fraction of sp³-hybridized carbons (Fsp3) is 0. The molecule has 3 nitrogen and oxygen atoms in total. The molecule has 1 N–H and O–H groups in total. The van der Waals surface area contributed by atoms with Gasteiger partial charge in [-0.25, -0.2) is 4.98 Å². The van der Waals surface area contributed by atoms with E-state index in [2.05, 4.69) is 31.2 Å². The molecule has 3 rings (SSSR count). The molecule has 2 aromatic rings. The molecule has 74 valence electrons. The summed E-state index contributed by atoms with van der Waals surface area (Å²) in [5.74, 6) is 0. The van der Waals surface area contributed by atoms with Crippen molar-refractivity contribution in [3.63, 3.8) is 0 Å². The number of nitrogens with zero attached hydrogens (tertiary/aromatic N) is 2. The molecule has 0 saturated heterocycles. The van der Waals surface area contributed by atoms with Crippen molar-refractivity contribution in [1.29, 1.82) is 0 Å². The highest BCUT2D eigenvalue weighted by Crippen LogP contribution is 2.19. The third-order valence-corrected chi connectivity index (χ3v) is 3.64. The minimum Gasteiger partial charge on any atom is -0.345 e. The average molecular weight is 309 g/mol. The Balaban J connectivity index is 2.23. The number of hydrogen-bond donors (Lipinski definition) is 1. The van der Waals surface area contributed by atoms with E-state index in [1.807, 2.05) is 16.4 Å². The molecule has 0 atom stereocenters. The fourth-order valence-corrected chi connectivity index (χ4v) is 2.77. The molecule has 0 saturated carbocycles. The second-order valence-electron chi connectivity index (χ2n) is 3.13. The summed E-state index contributed by atoms with van der Waals surface area (Å²) in [5, 5.41) is 1.13. The van der Waals surface area contributed by atoms with Gasteiger partial charge in [-0.15, -0.1) is 0 Å². The first-order valence-electron chi connectivity index (χ1n) is 4.55. The van der Waals surface area contributed by atoms with Crippen LogP contribution in [0.2, 0.25) is 0 Å². The largest absolute Gasteiger partial charge is 0.345 e. The molecule has 0 bridgehead atoms. The zero-order chi connectivity index (χ0) is 10.1. The van der Waals surface area contributed by atoms with Gasteiger partial charge >= 0.3 is 0 Å². The van der Waals surface area contributed by atoms with Gasteiger partial charge in [0, 0.05) is 23.3 Å². The van der Waals surface area contributed by atoms with Crippen LogP contribution < -0.4 is 0 Å². The number of hydrogen-bond acceptors (Lipinski definition) is 2. The van der Waals surface area contributed by atoms with Gasteiger partial charge in [0.15, 0.2) is 0 Å². The van der Waals surface area contributed by atoms with E-state index in [0.717, 1.165) is 22.3 Å². The summed E-state index contributed by atoms with van der Waals surface area (Å²) in [5.41, 5.74) is 3.08. The van der Waals surface area contributed by atoms with Crippen LogP contribution in [0, 0.1) is 0 Å². The van der Waals surface area contributed by atoms with Crippen molar-refractivity contribution >= 4 is 41.6 Å². The second-order valence-corrected chi connectivity index (χ2v) is 5.13. The maximum Gasteiger partial charge on any atom is 0.137 e. The first-order valence-corrected chi connectivity index (χ1v) is 7.05. The molecule has 1 aliphatic rings. The summed E-state index contributed by atoms with van der Waals surface area (Å²) >= 11 is 0.0473. The SMILES string of the molecule is C1=CC(c2c[nH]c3ncccc23)=NC=I1. The van der Waals surface area contributed by atoms with Crippen molar-refractivity contribution in [3.8, 4) is 0 Å². The predicted molar refractivity (Wildman–Crippen MR) is 71.9 cm³/mol. The average Bonchev–Trinajstić information content (AvgIpc) is 2.74. The van der Waals surface area contributed by atoms with E-state index >= 15 is 0 Å². The Bertz CT molecular complexity index is 593. The van der Waals surface area contributed by atoms with Gasteiger partial charge < -0.3 is 4.98 Å². The number of rotatable bonds is 1. The molecule has 2 aromatic heterocycles. The molecule has 3 heterocycles. The number of H-pyrrole nitrogens is 1. The van der Waals surface area contributed by atoms with E-state index < -0.39 is 0 Å². The molecule has 0 aromatic carbocycles. The second kappa shape index (κ2) is 3.69. The number of halogens is 1. The third kappa shape index (κ3) is 1.54. The number of pyridine rings is 1. The number of aromatic nitrogens is 2. The Morgan fingerprint density at radius 1 is 1.33 bits per heavy atom. The van der Waals surface area contributed by atoms with Crippen LogP contribution in [0.25, 0.3) is 11.0 Å². The maximum absolute atomic E-state index is 4.43. The van der Waals surface area contributed by atoms with Crippen molar-refractivity contribution in [2.45, 2.75) is 0 Å². The Labute approximate surface area is 96.7 Å². The van der Waals surface area contributed by atoms with Gasteiger partial charge in [0.25, 0.3) is 0 Å². The van der Waals surface area contributed by atoms with E-state index in [1.165, 1.54) is 0 Å². The smallest absolute Gasteiger partial charge is 0.137 e. The minimum absolute atomic E-state index is 0.0473. The monoisotopic (exact) mass is 309 g/mol. The lowest BCUT2D eigenvalue weighted by Crippen LogP contribution is -1.96. The number of aliphatic imine (C=N–C) groups is 1. The lowest BCUT2D eigenvalue weighted by molar-refractivity contribution is 1.33. The summed E-state index contributed by atoms with van der Waals surface area (Å²) in [4.78, 5) is 11.8. The zero-order valence-electron chi connectivity index (χ0n) is 7.81. The van der Waals surface area contributed by atoms with Gasteiger partial charge in [0.05, 0.1) is 9.85 Å². The van der Waals surface area contributed by atoms with Gasteiger partial charge in [0.1, 0.15) is 5.65 Å². The number of aromatic amines is 1. The van der Waals surface area contributed by atoms with Crippen LogP contribution in [0.5, 0.6) is 0 Å². The van der Waals surface area contributed by atoms with Gasteiger partial charge in [-0.1, -0.05) is 20.7 Å². The van der Waals surface area contributed by atoms with E-state index in [4.69, 9.17) is 0 Å². The van der Waals surface area contributed by atoms with Crippen LogP contribution in [0.1, 0.15) is 5.56 Å². The minimum atomic E-state index is 0.0473. The Morgan fingerprint density at radius 2 is 2.33 bits per heavy atom. The molecule has 0 fully saturated rings. The van der Waals surface area contributed by atoms with E-state index in [0.29, 0.717) is 0 Å². The summed E-state index contributed by atoms with van der Waals surface area (Å²) in [7, 11) is 0. The maximum atomic E-state index is 4.43. The molecule has 0 amide bonds. The number of fused-ring (bicyclic) bond motifs is 1. The van der Waals surface area contributed by atoms with Gasteiger partial charge in [0.2, 0.25) is 0 Å². The highest BCUT2D eigenvalue weighted by molar-refractivity contribution is 14.2. The highest BCUT2D eigenvalue weighted by atomic mass is 127. The summed E-state index contributed by atoms with van der Waals surface area (Å²) < 4.78 is 4.25. The lowest BCUT2D eigenvalue weighted by atomic mass is 10.1. The summed E-state index contributed by atoms with van der Waals surface area (Å²) in [6.07, 6.45) is 5.86. The van der Waals surface area contributed by atoms with Gasteiger partial charge in [-0.05, 0) is 22.3 Å². The first kappa shape index (κ1) is 8.96. The Hall–Kier alpha value is -1.30. The fourth-order valence-electron chi connectivity index (χ4n) is 1.58. The first-order chi connectivity index (χ1) is 7.45. The molecule has 15 heavy (non-hydrogen) atoms. The van der Waals surface area contributed by atoms with Crippen molar-refractivity contribution < 1.29 is 0 Å². The molecule has 1 aliphatic heterocycles. The Morgan fingerprint density at radius 3 is 3.20 bits per heavy atom. The van der Waals surface area contributed by atoms with Crippen molar-refractivity contribution in [1.82, 2.24) is 9.97 Å². The topological polar surface area (TPSA) is 41.0 Å². The molecule has 0 unspecified atom stereocenters. The summed E-state index contributed by atoms with van der Waals surface area (Å²) in [6, 6.07) is 4.01. The molecule has 0 radical (unpaired) electrons. The molecular weight excluding hydrogens is 301 g/mol. The van der Waals surface area contributed by atoms with Crippen LogP contribution in [-0.4, -0.2) is 19.8 Å². The molecule has 4 heteroatoms. The number of allylic oxidation sites excluding steroid dienone is 1. The van der Waals surface area contributed by atoms with E-state index in [1.54, 1.807) is 6.20 Å². The van der Waals surface area contributed by atoms with Crippen molar-refractivity contribution in [2.75, 3.05) is 0 Å². The third-order valence-electron chi connectivity index (χ3n) is 2.26. The van der Waals surface area contributed by atoms with Crippen LogP contribution in [0.4, 0.5) is 0 Å². The van der Waals surface area contributed by atoms with E-state index in [-0.39, 0.29) is 20.7 Å². The molecular formula is C11H8IN3. The van der Waals surface area contributed by atoms with Gasteiger partial charge in [-0.3, -0.25) is 4.99 Å². The zero-order valence-corrected chi connectivity index (χ0v) is 9.97. The number of nitrogens with one attached hydrogen (secondary N) is 1. The van der Waals surface area contributed by atoms with Crippen molar-refractivity contribution in [2.24, 2.45) is 4.99 Å². The highest BCUT2D eigenvalue weighted by Gasteiger charge is 2.08. The van der Waals surface area contributed by atoms with Crippen LogP contribution in [0.3, 0.4) is 0 Å². The van der Waals surface area contributed by atoms with Crippen LogP contribution in [0.15, 0.2) is 39.7 Å². The Kier molecular flexibility index (Phi) is 2.21. The molecule has 0 spiro atoms. The predicted octanol–water partition coefficient (Wildman–Crippen LogP) is 2.61. The van der Waals surface area contributed by atoms with E-state index in [9.17, 15) is 0 Å². The standard InChI is InChI=1S/C11H8IN3/c1-2-8-9(6-14-11(8)13-5-1)10-3-4-12-7-15-10/h1-7H,(H,13,14). The molecule has 0 aliphatic carbocycles. The normalized spacial score (nSPS) is 15.1. The lowest BCUT2D eigenvalue weighted by Gasteiger charge is -1.99. The van der Waals surface area contributed by atoms with Crippen LogP contribution >= 0.6 is 20.7 Å². The van der Waals surface area contributed by atoms with Gasteiger partial charge in [-0.2, -0.15) is 0 Å². The summed E-state index contributed by atoms with van der Waals surface area (Å²) in [6.45, 7) is 0. The van der Waals surface area contributed by atoms with Crippen molar-refractivity contribution in [3.05, 3.63) is 40.2 Å².